The number of rotatable bonds is 5. The highest BCUT2D eigenvalue weighted by molar-refractivity contribution is 5.65. The Bertz CT molecular complexity index is 693. The quantitative estimate of drug-likeness (QED) is 0.670. The largest absolute Gasteiger partial charge is 0.486 e. The Labute approximate surface area is 128 Å². The zero-order valence-corrected chi connectivity index (χ0v) is 12.5. The van der Waals surface area contributed by atoms with Crippen LogP contribution >= 0.6 is 0 Å². The van der Waals surface area contributed by atoms with E-state index in [2.05, 4.69) is 0 Å². The zero-order valence-electron chi connectivity index (χ0n) is 12.5. The maximum Gasteiger partial charge on any atom is 0.166 e. The van der Waals surface area contributed by atoms with Gasteiger partial charge in [0.15, 0.2) is 23.2 Å². The van der Waals surface area contributed by atoms with Crippen LogP contribution < -0.4 is 4.74 Å². The number of hydrogen-bond acceptors (Lipinski definition) is 1. The van der Waals surface area contributed by atoms with Gasteiger partial charge in [0.05, 0.1) is 0 Å². The van der Waals surface area contributed by atoms with Gasteiger partial charge in [-0.3, -0.25) is 0 Å². The summed E-state index contributed by atoms with van der Waals surface area (Å²) < 4.78 is 46.8. The molecule has 0 aliphatic heterocycles. The number of allylic oxidation sites excluding steroid dienone is 1. The van der Waals surface area contributed by atoms with Crippen LogP contribution in [0.4, 0.5) is 13.2 Å². The van der Waals surface area contributed by atoms with E-state index < -0.39 is 17.5 Å². The van der Waals surface area contributed by atoms with E-state index in [1.165, 1.54) is 31.2 Å². The third-order valence-electron chi connectivity index (χ3n) is 3.26. The lowest BCUT2D eigenvalue weighted by Gasteiger charge is -2.09. The summed E-state index contributed by atoms with van der Waals surface area (Å²) in [6.07, 6.45) is 4.59. The van der Waals surface area contributed by atoms with Crippen LogP contribution in [0.1, 0.15) is 18.9 Å². The molecule has 2 rings (SSSR count). The van der Waals surface area contributed by atoms with Crippen molar-refractivity contribution in [2.24, 2.45) is 0 Å². The fourth-order valence-electron chi connectivity index (χ4n) is 2.03. The molecule has 2 aromatic rings. The summed E-state index contributed by atoms with van der Waals surface area (Å²) in [6, 6.07) is 6.97. The van der Waals surface area contributed by atoms with Gasteiger partial charge in [-0.05, 0) is 36.6 Å². The second-order valence-electron chi connectivity index (χ2n) is 4.89. The van der Waals surface area contributed by atoms with E-state index in [0.29, 0.717) is 0 Å². The molecule has 0 bridgehead atoms. The second kappa shape index (κ2) is 7.16. The summed E-state index contributed by atoms with van der Waals surface area (Å²) in [6.45, 7) is 3.72. The van der Waals surface area contributed by atoms with Gasteiger partial charge in [0, 0.05) is 5.56 Å². The lowest BCUT2D eigenvalue weighted by molar-refractivity contribution is 0.341. The first-order valence-corrected chi connectivity index (χ1v) is 7.07. The Morgan fingerprint density at radius 1 is 1.00 bits per heavy atom. The topological polar surface area (TPSA) is 9.23 Å². The summed E-state index contributed by atoms with van der Waals surface area (Å²) in [7, 11) is 0. The van der Waals surface area contributed by atoms with Crippen LogP contribution in [0.25, 0.3) is 11.1 Å². The highest BCUT2D eigenvalue weighted by atomic mass is 19.2. The fourth-order valence-corrected chi connectivity index (χ4v) is 2.03. The monoisotopic (exact) mass is 306 g/mol. The molecule has 0 heterocycles. The number of ether oxygens (including phenoxy) is 1. The van der Waals surface area contributed by atoms with Gasteiger partial charge < -0.3 is 4.74 Å². The lowest BCUT2D eigenvalue weighted by atomic mass is 10.0. The molecule has 22 heavy (non-hydrogen) atoms. The number of aryl methyl sites for hydroxylation is 1. The van der Waals surface area contributed by atoms with Crippen LogP contribution in [-0.4, -0.2) is 6.61 Å². The van der Waals surface area contributed by atoms with Crippen molar-refractivity contribution in [1.29, 1.82) is 0 Å². The van der Waals surface area contributed by atoms with Crippen LogP contribution in [0.2, 0.25) is 0 Å². The molecule has 0 unspecified atom stereocenters. The third kappa shape index (κ3) is 3.50. The average molecular weight is 306 g/mol. The molecule has 116 valence electrons. The van der Waals surface area contributed by atoms with Crippen molar-refractivity contribution in [1.82, 2.24) is 0 Å². The van der Waals surface area contributed by atoms with Crippen LogP contribution in [0, 0.1) is 24.4 Å². The van der Waals surface area contributed by atoms with Gasteiger partial charge in [-0.1, -0.05) is 37.3 Å². The second-order valence-corrected chi connectivity index (χ2v) is 4.89. The Hall–Kier alpha value is -2.23. The van der Waals surface area contributed by atoms with Crippen molar-refractivity contribution in [3.63, 3.8) is 0 Å². The zero-order chi connectivity index (χ0) is 16.1. The van der Waals surface area contributed by atoms with Gasteiger partial charge in [0.25, 0.3) is 0 Å². The summed E-state index contributed by atoms with van der Waals surface area (Å²) in [5.74, 6) is -2.41. The molecule has 4 heteroatoms. The van der Waals surface area contributed by atoms with E-state index in [-0.39, 0.29) is 29.0 Å². The van der Waals surface area contributed by atoms with E-state index in [1.54, 1.807) is 6.08 Å². The Kier molecular flexibility index (Phi) is 5.26. The van der Waals surface area contributed by atoms with Gasteiger partial charge in [-0.2, -0.15) is 0 Å². The van der Waals surface area contributed by atoms with Crippen LogP contribution in [0.5, 0.6) is 5.75 Å². The first kappa shape index (κ1) is 16.1. The average Bonchev–Trinajstić information content (AvgIpc) is 2.51. The molecule has 0 fully saturated rings. The molecule has 0 saturated heterocycles. The molecule has 0 aliphatic carbocycles. The molecular weight excluding hydrogens is 289 g/mol. The molecule has 2 aromatic carbocycles. The highest BCUT2D eigenvalue weighted by Gasteiger charge is 2.14. The number of halogens is 3. The lowest BCUT2D eigenvalue weighted by Crippen LogP contribution is -1.97. The van der Waals surface area contributed by atoms with E-state index in [0.717, 1.165) is 12.5 Å². The minimum Gasteiger partial charge on any atom is -0.486 e. The third-order valence-corrected chi connectivity index (χ3v) is 3.26. The molecule has 0 radical (unpaired) electrons. The Morgan fingerprint density at radius 3 is 2.45 bits per heavy atom. The molecule has 0 aromatic heterocycles. The van der Waals surface area contributed by atoms with E-state index in [4.69, 9.17) is 4.74 Å². The minimum absolute atomic E-state index is 0.0272. The standard InChI is InChI=1S/C18H17F3O/c1-3-4-5-10-22-16-9-7-13(11-15(16)19)14-8-6-12(2)17(20)18(14)21/h4-9,11H,3,10H2,1-2H3/b5-4-. The van der Waals surface area contributed by atoms with Gasteiger partial charge >= 0.3 is 0 Å². The predicted octanol–water partition coefficient (Wildman–Crippen LogP) is 5.42. The SMILES string of the molecule is CC/C=C\COc1ccc(-c2ccc(C)c(F)c2F)cc1F. The first-order valence-electron chi connectivity index (χ1n) is 7.07. The molecule has 0 saturated carbocycles. The maximum atomic E-state index is 14.0. The number of benzene rings is 2. The smallest absolute Gasteiger partial charge is 0.166 e. The summed E-state index contributed by atoms with van der Waals surface area (Å²) >= 11 is 0. The summed E-state index contributed by atoms with van der Waals surface area (Å²) in [5, 5.41) is 0. The minimum atomic E-state index is -0.973. The van der Waals surface area contributed by atoms with Gasteiger partial charge in [0.2, 0.25) is 0 Å². The van der Waals surface area contributed by atoms with Crippen molar-refractivity contribution >= 4 is 0 Å². The van der Waals surface area contributed by atoms with Crippen molar-refractivity contribution in [2.45, 2.75) is 20.3 Å². The Balaban J connectivity index is 2.26. The van der Waals surface area contributed by atoms with Crippen LogP contribution in [0.3, 0.4) is 0 Å². The first-order chi connectivity index (χ1) is 10.5. The molecule has 0 N–H and O–H groups in total. The normalized spacial score (nSPS) is 11.1. The van der Waals surface area contributed by atoms with Crippen molar-refractivity contribution in [2.75, 3.05) is 6.61 Å². The highest BCUT2D eigenvalue weighted by Crippen LogP contribution is 2.29. The molecule has 0 spiro atoms. The maximum absolute atomic E-state index is 14.0. The molecular formula is C18H17F3O. The van der Waals surface area contributed by atoms with Gasteiger partial charge in [0.1, 0.15) is 6.61 Å². The molecule has 0 aliphatic rings. The van der Waals surface area contributed by atoms with E-state index in [1.807, 2.05) is 13.0 Å². The van der Waals surface area contributed by atoms with Crippen LogP contribution in [0.15, 0.2) is 42.5 Å². The van der Waals surface area contributed by atoms with Crippen molar-refractivity contribution in [3.8, 4) is 16.9 Å². The molecule has 1 nitrogen and oxygen atoms in total. The van der Waals surface area contributed by atoms with Gasteiger partial charge in [-0.15, -0.1) is 0 Å². The predicted molar refractivity (Wildman–Crippen MR) is 81.4 cm³/mol. The van der Waals surface area contributed by atoms with Crippen molar-refractivity contribution < 1.29 is 17.9 Å². The Morgan fingerprint density at radius 2 is 1.77 bits per heavy atom. The fraction of sp³-hybridized carbons (Fsp3) is 0.222. The molecule has 0 amide bonds. The van der Waals surface area contributed by atoms with E-state index in [9.17, 15) is 13.2 Å². The van der Waals surface area contributed by atoms with E-state index >= 15 is 0 Å². The van der Waals surface area contributed by atoms with Gasteiger partial charge in [-0.25, -0.2) is 13.2 Å². The van der Waals surface area contributed by atoms with Crippen LogP contribution in [-0.2, 0) is 0 Å². The molecule has 0 atom stereocenters. The van der Waals surface area contributed by atoms with Crippen molar-refractivity contribution in [3.05, 3.63) is 65.5 Å². The number of hydrogen-bond donors (Lipinski definition) is 0. The summed E-state index contributed by atoms with van der Waals surface area (Å²) in [5.41, 5.74) is 0.508. The summed E-state index contributed by atoms with van der Waals surface area (Å²) in [4.78, 5) is 0.